The number of nitrogens with one attached hydrogen (secondary N) is 4. The van der Waals surface area contributed by atoms with Gasteiger partial charge in [-0.3, -0.25) is 20.2 Å². The average molecular weight is 354 g/mol. The number of hydrogen-bond donors (Lipinski definition) is 5. The number of halogens is 1. The van der Waals surface area contributed by atoms with Crippen LogP contribution in [0.5, 0.6) is 5.88 Å². The first-order valence-corrected chi connectivity index (χ1v) is 7.08. The Bertz CT molecular complexity index is 870. The van der Waals surface area contributed by atoms with Crippen LogP contribution in [0.2, 0.25) is 5.02 Å². The zero-order chi connectivity index (χ0) is 17.0. The topological polar surface area (TPSA) is 122 Å². The van der Waals surface area contributed by atoms with Crippen molar-refractivity contribution in [3.8, 4) is 5.88 Å². The summed E-state index contributed by atoms with van der Waals surface area (Å²) in [5.41, 5.74) is 2.19. The molecule has 0 saturated heterocycles. The molecule has 10 heteroatoms. The van der Waals surface area contributed by atoms with Gasteiger partial charge in [-0.1, -0.05) is 23.7 Å². The summed E-state index contributed by atoms with van der Waals surface area (Å²) >= 11 is 11.1. The molecule has 0 amide bonds. The molecule has 0 radical (unpaired) electrons. The van der Waals surface area contributed by atoms with Crippen LogP contribution < -0.4 is 22.0 Å². The number of H-pyrrole nitrogens is 2. The van der Waals surface area contributed by atoms with Crippen LogP contribution in [0, 0.1) is 6.92 Å². The van der Waals surface area contributed by atoms with Crippen molar-refractivity contribution in [3.05, 3.63) is 55.2 Å². The van der Waals surface area contributed by atoms with Crippen LogP contribution in [0.15, 0.2) is 32.9 Å². The number of aromatic amines is 2. The van der Waals surface area contributed by atoms with Crippen molar-refractivity contribution in [2.75, 3.05) is 5.32 Å². The van der Waals surface area contributed by atoms with Gasteiger partial charge in [0.1, 0.15) is 5.56 Å². The van der Waals surface area contributed by atoms with E-state index in [0.29, 0.717) is 10.7 Å². The van der Waals surface area contributed by atoms with Crippen molar-refractivity contribution in [1.29, 1.82) is 0 Å². The van der Waals surface area contributed by atoms with E-state index in [0.717, 1.165) is 11.8 Å². The van der Waals surface area contributed by atoms with Crippen LogP contribution in [0.3, 0.4) is 0 Å². The molecule has 8 nitrogen and oxygen atoms in total. The molecule has 1 heterocycles. The van der Waals surface area contributed by atoms with Gasteiger partial charge in [-0.25, -0.2) is 4.79 Å². The van der Waals surface area contributed by atoms with E-state index in [-0.39, 0.29) is 10.7 Å². The molecule has 0 spiro atoms. The van der Waals surface area contributed by atoms with Gasteiger partial charge in [-0.2, -0.15) is 5.10 Å². The number of hydrazone groups is 1. The number of thiocarbonyl (C=S) groups is 1. The molecular weight excluding hydrogens is 342 g/mol. The van der Waals surface area contributed by atoms with E-state index in [9.17, 15) is 14.7 Å². The van der Waals surface area contributed by atoms with E-state index < -0.39 is 17.1 Å². The van der Waals surface area contributed by atoms with E-state index >= 15 is 0 Å². The fourth-order valence-corrected chi connectivity index (χ4v) is 2.11. The van der Waals surface area contributed by atoms with Crippen LogP contribution >= 0.6 is 23.8 Å². The molecule has 0 aliphatic rings. The lowest BCUT2D eigenvalue weighted by atomic mass is 10.2. The standard InChI is InChI=1S/C13H12ClN5O3S/c1-6-3-2-4-8(14)9(6)16-13(23)19-15-5-7-10(20)17-12(22)18-11(7)21/h2-5H,1H3,(H2,16,19,23)(H3,17,18,20,21,22). The van der Waals surface area contributed by atoms with Gasteiger partial charge in [0.15, 0.2) is 5.11 Å². The van der Waals surface area contributed by atoms with E-state index in [1.807, 2.05) is 29.0 Å². The summed E-state index contributed by atoms with van der Waals surface area (Å²) in [6.07, 6.45) is 1.03. The van der Waals surface area contributed by atoms with Crippen molar-refractivity contribution in [1.82, 2.24) is 15.4 Å². The number of anilines is 1. The van der Waals surface area contributed by atoms with Gasteiger partial charge in [-0.05, 0) is 30.8 Å². The molecule has 2 rings (SSSR count). The third-order valence-electron chi connectivity index (χ3n) is 2.78. The quantitative estimate of drug-likeness (QED) is 0.319. The monoisotopic (exact) mass is 353 g/mol. The summed E-state index contributed by atoms with van der Waals surface area (Å²) < 4.78 is 0. The zero-order valence-electron chi connectivity index (χ0n) is 11.8. The summed E-state index contributed by atoms with van der Waals surface area (Å²) in [6, 6.07) is 5.38. The molecular formula is C13H12ClN5O3S. The largest absolute Gasteiger partial charge is 0.494 e. The molecule has 0 saturated carbocycles. The van der Waals surface area contributed by atoms with Crippen LogP contribution in [-0.4, -0.2) is 26.4 Å². The second-order valence-electron chi connectivity index (χ2n) is 4.43. The number of aromatic hydroxyl groups is 1. The number of rotatable bonds is 3. The third kappa shape index (κ3) is 4.18. The van der Waals surface area contributed by atoms with Crippen LogP contribution in [0.4, 0.5) is 5.69 Å². The van der Waals surface area contributed by atoms with Crippen molar-refractivity contribution in [2.45, 2.75) is 6.92 Å². The summed E-state index contributed by atoms with van der Waals surface area (Å²) in [4.78, 5) is 26.4. The molecule has 0 unspecified atom stereocenters. The van der Waals surface area contributed by atoms with Crippen molar-refractivity contribution in [2.24, 2.45) is 5.10 Å². The normalized spacial score (nSPS) is 10.7. The maximum atomic E-state index is 11.5. The second-order valence-corrected chi connectivity index (χ2v) is 5.24. The zero-order valence-corrected chi connectivity index (χ0v) is 13.4. The minimum atomic E-state index is -0.816. The highest BCUT2D eigenvalue weighted by Gasteiger charge is 2.07. The minimum Gasteiger partial charge on any atom is -0.494 e. The maximum absolute atomic E-state index is 11.5. The summed E-state index contributed by atoms with van der Waals surface area (Å²) in [5.74, 6) is -0.592. The summed E-state index contributed by atoms with van der Waals surface area (Å²) in [6.45, 7) is 1.86. The summed E-state index contributed by atoms with van der Waals surface area (Å²) in [5, 5.41) is 16.7. The summed E-state index contributed by atoms with van der Waals surface area (Å²) in [7, 11) is 0. The molecule has 2 aromatic rings. The van der Waals surface area contributed by atoms with Gasteiger partial charge in [0.2, 0.25) is 5.88 Å². The van der Waals surface area contributed by atoms with Gasteiger partial charge < -0.3 is 10.4 Å². The predicted octanol–water partition coefficient (Wildman–Crippen LogP) is 1.05. The Kier molecular flexibility index (Phi) is 5.14. The Morgan fingerprint density at radius 1 is 1.39 bits per heavy atom. The first-order chi connectivity index (χ1) is 10.9. The number of aromatic nitrogens is 2. The first kappa shape index (κ1) is 16.7. The minimum absolute atomic E-state index is 0.137. The SMILES string of the molecule is Cc1cccc(Cl)c1NC(=S)NN=Cc1c(O)[nH]c(=O)[nH]c1=O. The lowest BCUT2D eigenvalue weighted by molar-refractivity contribution is 0.447. The number of para-hydroxylation sites is 1. The smallest absolute Gasteiger partial charge is 0.328 e. The van der Waals surface area contributed by atoms with E-state index in [1.54, 1.807) is 6.07 Å². The molecule has 0 fully saturated rings. The molecule has 5 N–H and O–H groups in total. The Morgan fingerprint density at radius 3 is 2.78 bits per heavy atom. The van der Waals surface area contributed by atoms with E-state index in [2.05, 4.69) is 15.8 Å². The molecule has 0 aliphatic carbocycles. The van der Waals surface area contributed by atoms with E-state index in [1.165, 1.54) is 0 Å². The molecule has 23 heavy (non-hydrogen) atoms. The highest BCUT2D eigenvalue weighted by Crippen LogP contribution is 2.24. The molecule has 1 aromatic carbocycles. The number of aryl methyl sites for hydroxylation is 1. The fourth-order valence-electron chi connectivity index (χ4n) is 1.69. The third-order valence-corrected chi connectivity index (χ3v) is 3.29. The van der Waals surface area contributed by atoms with E-state index in [4.69, 9.17) is 23.8 Å². The molecule has 0 atom stereocenters. The predicted molar refractivity (Wildman–Crippen MR) is 92.5 cm³/mol. The van der Waals surface area contributed by atoms with Gasteiger partial charge in [0.25, 0.3) is 5.56 Å². The Morgan fingerprint density at radius 2 is 2.13 bits per heavy atom. The van der Waals surface area contributed by atoms with Crippen molar-refractivity contribution >= 4 is 40.8 Å². The van der Waals surface area contributed by atoms with Gasteiger partial charge in [0, 0.05) is 0 Å². The van der Waals surface area contributed by atoms with Crippen molar-refractivity contribution < 1.29 is 5.11 Å². The molecule has 0 bridgehead atoms. The lowest BCUT2D eigenvalue weighted by Gasteiger charge is -2.11. The highest BCUT2D eigenvalue weighted by atomic mass is 35.5. The fraction of sp³-hybridized carbons (Fsp3) is 0.0769. The van der Waals surface area contributed by atoms with Crippen LogP contribution in [0.25, 0.3) is 0 Å². The lowest BCUT2D eigenvalue weighted by Crippen LogP contribution is -2.27. The molecule has 120 valence electrons. The second kappa shape index (κ2) is 7.07. The van der Waals surface area contributed by atoms with Crippen LogP contribution in [-0.2, 0) is 0 Å². The van der Waals surface area contributed by atoms with Gasteiger partial charge >= 0.3 is 5.69 Å². The average Bonchev–Trinajstić information content (AvgIpc) is 2.46. The first-order valence-electron chi connectivity index (χ1n) is 6.29. The Labute approximate surface area is 140 Å². The highest BCUT2D eigenvalue weighted by molar-refractivity contribution is 7.80. The number of hydrogen-bond acceptors (Lipinski definition) is 5. The molecule has 0 aliphatic heterocycles. The maximum Gasteiger partial charge on any atom is 0.328 e. The van der Waals surface area contributed by atoms with Gasteiger partial charge in [-0.15, -0.1) is 0 Å². The van der Waals surface area contributed by atoms with Crippen molar-refractivity contribution in [3.63, 3.8) is 0 Å². The Balaban J connectivity index is 2.08. The van der Waals surface area contributed by atoms with Crippen LogP contribution in [0.1, 0.15) is 11.1 Å². The molecule has 1 aromatic heterocycles. The number of nitrogens with zero attached hydrogens (tertiary/aromatic N) is 1. The Hall–Kier alpha value is -2.65. The number of benzene rings is 1. The van der Waals surface area contributed by atoms with Gasteiger partial charge in [0.05, 0.1) is 16.9 Å².